The number of alkyl halides is 1. The predicted octanol–water partition coefficient (Wildman–Crippen LogP) is 7.22. The number of hydrogen-bond acceptors (Lipinski definition) is 12. The minimum absolute atomic E-state index is 0.0145. The highest BCUT2D eigenvalue weighted by Gasteiger charge is 2.51. The van der Waals surface area contributed by atoms with Crippen LogP contribution in [-0.4, -0.2) is 155 Å². The second-order valence-electron chi connectivity index (χ2n) is 24.9. The van der Waals surface area contributed by atoms with Gasteiger partial charge in [0.2, 0.25) is 11.8 Å². The van der Waals surface area contributed by atoms with Gasteiger partial charge in [-0.05, 0) is 124 Å². The number of piperidine rings is 1. The highest BCUT2D eigenvalue weighted by Crippen LogP contribution is 2.58. The molecule has 11 rings (SSSR count). The number of hydrazine groups is 1. The zero-order valence-corrected chi connectivity index (χ0v) is 47.7. The van der Waals surface area contributed by atoms with Crippen LogP contribution < -0.4 is 15.5 Å². The number of benzene rings is 2. The standard InChI is InChI=1S/C61H79FN8O9/c1-11-68-46-17-14-36-29-42(46)48-49(53(76-9)50-43(52(48)68)30-38(31-63-50)61(77-10)19-23-67(24-20-61)39-15-16-39)59(4,5)33-79-57(74)44-13-12-21-70(65-44)56(73)45-27-35-25-37(36)28-40(26-35)78-32-47-41(18-22-69(47)58(75)60(6,7)62)55(72)66(8)51(34(2)3)54(71)64-45/h14,17,25-26,28-31,34,39,41,44-45,47,49,51,53,65H,11-13,15-16,18-24,27,32-33H2,1-10H3,(H,64,71)/t41-,44-,45?,47+,49?,51-,53-/m0/s1. The number of halogens is 1. The predicted molar refractivity (Wildman–Crippen MR) is 295 cm³/mol. The number of hydrogen-bond donors (Lipinski definition) is 2. The summed E-state index contributed by atoms with van der Waals surface area (Å²) in [6.45, 7) is 15.3. The van der Waals surface area contributed by atoms with Crippen LogP contribution in [0.25, 0.3) is 33.3 Å². The molecule has 4 amide bonds. The van der Waals surface area contributed by atoms with Crippen LogP contribution in [0.5, 0.6) is 5.75 Å². The van der Waals surface area contributed by atoms with E-state index in [9.17, 15) is 19.2 Å². The van der Waals surface area contributed by atoms with E-state index < -0.39 is 82.5 Å². The normalized spacial score (nSPS) is 27.5. The van der Waals surface area contributed by atoms with E-state index in [1.165, 1.54) is 41.5 Å². The number of nitrogens with one attached hydrogen (secondary N) is 2. The number of ether oxygens (including phenoxy) is 4. The van der Waals surface area contributed by atoms with Crippen molar-refractivity contribution in [2.45, 2.75) is 160 Å². The molecule has 7 aliphatic rings. The third-order valence-electron chi connectivity index (χ3n) is 18.6. The molecule has 1 saturated carbocycles. The number of aromatic nitrogens is 2. The number of esters is 1. The van der Waals surface area contributed by atoms with Gasteiger partial charge in [-0.15, -0.1) is 0 Å². The Bertz CT molecular complexity index is 3070. The van der Waals surface area contributed by atoms with Gasteiger partial charge in [-0.1, -0.05) is 39.8 Å². The zero-order chi connectivity index (χ0) is 56.0. The summed E-state index contributed by atoms with van der Waals surface area (Å²) in [7, 11) is 5.10. The van der Waals surface area contributed by atoms with Gasteiger partial charge in [-0.3, -0.25) is 34.0 Å². The molecule has 7 heterocycles. The molecule has 2 N–H and O–H groups in total. The maximum absolute atomic E-state index is 15.6. The van der Waals surface area contributed by atoms with Crippen molar-refractivity contribution in [1.82, 2.24) is 40.0 Å². The van der Waals surface area contributed by atoms with Crippen LogP contribution in [0.2, 0.25) is 0 Å². The SMILES string of the molecule is CCn1c2c3c4cc(ccc41)-c1cc4cc(c1)OC[C@@H]1[C@H](CCN1C(=O)C(C)(C)F)C(=O)N(C)[C@@H](C(C)C)C(=O)NC(C4)C(=O)N1CCC[C@H](N1)C(=O)OCC(C)(C)C3[C@H](OC)c1ncc(C3(OC)CCN(C4CC4)CC3)cc1-2. The van der Waals surface area contributed by atoms with E-state index in [1.54, 1.807) is 14.2 Å². The first kappa shape index (κ1) is 55.0. The summed E-state index contributed by atoms with van der Waals surface area (Å²) in [5.74, 6) is -3.81. The lowest BCUT2D eigenvalue weighted by Crippen LogP contribution is -2.62. The van der Waals surface area contributed by atoms with Crippen molar-refractivity contribution in [3.63, 3.8) is 0 Å². The number of carbonyl (C=O) groups excluding carboxylic acids is 5. The Kier molecular flexibility index (Phi) is 14.5. The number of likely N-dealkylation sites (N-methyl/N-ethyl adjacent to an activating group) is 1. The molecule has 2 aromatic heterocycles. The van der Waals surface area contributed by atoms with Crippen LogP contribution in [-0.2, 0) is 56.7 Å². The minimum atomic E-state index is -2.22. The molecule has 7 atom stereocenters. The molecule has 424 valence electrons. The number of carbonyl (C=O) groups is 5. The van der Waals surface area contributed by atoms with Gasteiger partial charge < -0.3 is 43.5 Å². The summed E-state index contributed by atoms with van der Waals surface area (Å²) >= 11 is 0. The van der Waals surface area contributed by atoms with Crippen molar-refractivity contribution in [2.24, 2.45) is 17.3 Å². The Morgan fingerprint density at radius 3 is 2.37 bits per heavy atom. The van der Waals surface area contributed by atoms with E-state index in [4.69, 9.17) is 23.9 Å². The van der Waals surface area contributed by atoms with Crippen LogP contribution >= 0.6 is 0 Å². The Hall–Kier alpha value is -5.95. The molecule has 8 bridgehead atoms. The number of fused-ring (bicyclic) bond motifs is 10. The third-order valence-corrected chi connectivity index (χ3v) is 18.6. The van der Waals surface area contributed by atoms with Gasteiger partial charge in [-0.25, -0.2) is 9.82 Å². The third kappa shape index (κ3) is 9.79. The maximum atomic E-state index is 15.6. The summed E-state index contributed by atoms with van der Waals surface area (Å²) in [5.41, 5.74) is 7.86. The minimum Gasteiger partial charge on any atom is -0.491 e. The smallest absolute Gasteiger partial charge is 0.324 e. The monoisotopic (exact) mass is 1090 g/mol. The van der Waals surface area contributed by atoms with Gasteiger partial charge in [0.25, 0.3) is 11.8 Å². The van der Waals surface area contributed by atoms with Crippen molar-refractivity contribution in [2.75, 3.05) is 60.7 Å². The van der Waals surface area contributed by atoms with Crippen molar-refractivity contribution < 1.29 is 47.3 Å². The number of pyridine rings is 1. The lowest BCUT2D eigenvalue weighted by Gasteiger charge is -2.44. The zero-order valence-electron chi connectivity index (χ0n) is 47.7. The molecule has 3 saturated heterocycles. The van der Waals surface area contributed by atoms with Crippen LogP contribution in [0.4, 0.5) is 4.39 Å². The number of amides is 4. The second kappa shape index (κ2) is 20.9. The number of methoxy groups -OCH3 is 2. The fourth-order valence-electron chi connectivity index (χ4n) is 14.2. The van der Waals surface area contributed by atoms with Gasteiger partial charge in [0.05, 0.1) is 35.6 Å². The van der Waals surface area contributed by atoms with E-state index in [0.717, 1.165) is 76.0 Å². The molecule has 0 radical (unpaired) electrons. The molecule has 2 aliphatic carbocycles. The Morgan fingerprint density at radius 1 is 0.924 bits per heavy atom. The highest BCUT2D eigenvalue weighted by molar-refractivity contribution is 5.98. The largest absolute Gasteiger partial charge is 0.491 e. The van der Waals surface area contributed by atoms with Gasteiger partial charge >= 0.3 is 5.97 Å². The van der Waals surface area contributed by atoms with Crippen LogP contribution in [0.3, 0.4) is 0 Å². The highest BCUT2D eigenvalue weighted by atomic mass is 19.1. The topological polar surface area (TPSA) is 177 Å². The number of likely N-dealkylation sites (tertiary alicyclic amines) is 2. The van der Waals surface area contributed by atoms with E-state index in [2.05, 4.69) is 65.2 Å². The molecular weight excluding hydrogens is 1010 g/mol. The first-order valence-corrected chi connectivity index (χ1v) is 28.7. The Balaban J connectivity index is 1.10. The fraction of sp³-hybridized carbons (Fsp3) is 0.607. The number of rotatable bonds is 7. The average molecular weight is 1090 g/mol. The molecule has 18 heteroatoms. The van der Waals surface area contributed by atoms with E-state index >= 15 is 9.18 Å². The van der Waals surface area contributed by atoms with E-state index in [1.807, 2.05) is 45.4 Å². The summed E-state index contributed by atoms with van der Waals surface area (Å²) < 4.78 is 44.3. The fourth-order valence-corrected chi connectivity index (χ4v) is 14.2. The lowest BCUT2D eigenvalue weighted by atomic mass is 9.67. The van der Waals surface area contributed by atoms with Gasteiger partial charge in [0.15, 0.2) is 5.67 Å². The molecule has 4 fully saturated rings. The Morgan fingerprint density at radius 2 is 1.68 bits per heavy atom. The molecule has 79 heavy (non-hydrogen) atoms. The molecule has 17 nitrogen and oxygen atoms in total. The summed E-state index contributed by atoms with van der Waals surface area (Å²) in [5, 5.41) is 5.47. The molecular formula is C61H79FN8O9. The molecule has 2 unspecified atom stereocenters. The maximum Gasteiger partial charge on any atom is 0.324 e. The van der Waals surface area contributed by atoms with Gasteiger partial charge in [-0.2, -0.15) is 0 Å². The van der Waals surface area contributed by atoms with Gasteiger partial charge in [0, 0.05) is 106 Å². The van der Waals surface area contributed by atoms with Crippen LogP contribution in [0.1, 0.15) is 128 Å². The van der Waals surface area contributed by atoms with Crippen molar-refractivity contribution >= 4 is 40.5 Å². The lowest BCUT2D eigenvalue weighted by molar-refractivity contribution is -0.156. The molecule has 4 aromatic rings. The van der Waals surface area contributed by atoms with Crippen molar-refractivity contribution in [3.05, 3.63) is 71.0 Å². The molecule has 2 aromatic carbocycles. The summed E-state index contributed by atoms with van der Waals surface area (Å²) in [4.78, 5) is 83.7. The number of nitrogens with zero attached hydrogens (tertiary/aromatic N) is 6. The summed E-state index contributed by atoms with van der Waals surface area (Å²) in [6, 6.07) is 11.3. The van der Waals surface area contributed by atoms with Crippen LogP contribution in [0, 0.1) is 17.3 Å². The van der Waals surface area contributed by atoms with Crippen LogP contribution in [0.15, 0.2) is 48.7 Å². The first-order valence-electron chi connectivity index (χ1n) is 28.7. The second-order valence-corrected chi connectivity index (χ2v) is 24.9. The van der Waals surface area contributed by atoms with Crippen molar-refractivity contribution in [3.8, 4) is 28.1 Å². The molecule has 0 spiro atoms. The average Bonchev–Trinajstić information content (AvgIpc) is 3.28. The van der Waals surface area contributed by atoms with Crippen molar-refractivity contribution in [1.29, 1.82) is 0 Å². The van der Waals surface area contributed by atoms with E-state index in [-0.39, 0.29) is 51.0 Å². The van der Waals surface area contributed by atoms with E-state index in [0.29, 0.717) is 36.7 Å². The van der Waals surface area contributed by atoms with Gasteiger partial charge in [0.1, 0.15) is 36.6 Å². The summed E-state index contributed by atoms with van der Waals surface area (Å²) in [6.07, 6.45) is 6.80. The quantitative estimate of drug-likeness (QED) is 0.178. The molecule has 5 aliphatic heterocycles. The number of cyclic esters (lactones) is 1. The first-order chi connectivity index (χ1) is 37.7. The number of aryl methyl sites for hydroxylation is 1. The Labute approximate surface area is 463 Å².